The first-order valence-electron chi connectivity index (χ1n) is 6.24. The monoisotopic (exact) mass is 278 g/mol. The molecule has 5 heteroatoms. The Kier molecular flexibility index (Phi) is 6.10. The standard InChI is InChI=1S/C12H22N2OS.ClH/c1-8(7-16-2)12(15)14-11-5-9-3-4-10(6-11)13-9;/h8-11,13H,3-7H2,1-2H3,(H,14,15);1H. The first-order valence-corrected chi connectivity index (χ1v) is 7.63. The zero-order valence-electron chi connectivity index (χ0n) is 10.6. The van der Waals surface area contributed by atoms with Gasteiger partial charge < -0.3 is 10.6 Å². The molecule has 2 rings (SSSR count). The van der Waals surface area contributed by atoms with Crippen LogP contribution in [0.5, 0.6) is 0 Å². The van der Waals surface area contributed by atoms with Crippen molar-refractivity contribution in [1.29, 1.82) is 0 Å². The zero-order chi connectivity index (χ0) is 11.5. The van der Waals surface area contributed by atoms with Crippen LogP contribution in [0.25, 0.3) is 0 Å². The number of carbonyl (C=O) groups excluding carboxylic acids is 1. The molecule has 3 unspecified atom stereocenters. The fourth-order valence-electron chi connectivity index (χ4n) is 2.84. The van der Waals surface area contributed by atoms with Gasteiger partial charge in [0.15, 0.2) is 0 Å². The quantitative estimate of drug-likeness (QED) is 0.824. The summed E-state index contributed by atoms with van der Waals surface area (Å²) in [6.07, 6.45) is 6.87. The summed E-state index contributed by atoms with van der Waals surface area (Å²) in [5.74, 6) is 1.30. The highest BCUT2D eigenvalue weighted by molar-refractivity contribution is 7.98. The van der Waals surface area contributed by atoms with Gasteiger partial charge >= 0.3 is 0 Å². The van der Waals surface area contributed by atoms with Crippen LogP contribution in [-0.2, 0) is 4.79 Å². The number of piperidine rings is 1. The molecule has 0 radical (unpaired) electrons. The van der Waals surface area contributed by atoms with Crippen molar-refractivity contribution < 1.29 is 4.79 Å². The lowest BCUT2D eigenvalue weighted by atomic mass is 9.99. The van der Waals surface area contributed by atoms with Crippen LogP contribution in [0.15, 0.2) is 0 Å². The molecule has 0 aromatic heterocycles. The molecular formula is C12H23ClN2OS. The van der Waals surface area contributed by atoms with E-state index < -0.39 is 0 Å². The normalized spacial score (nSPS) is 32.7. The highest BCUT2D eigenvalue weighted by Crippen LogP contribution is 2.26. The summed E-state index contributed by atoms with van der Waals surface area (Å²) in [6.45, 7) is 2.02. The van der Waals surface area contributed by atoms with Crippen molar-refractivity contribution in [2.75, 3.05) is 12.0 Å². The van der Waals surface area contributed by atoms with E-state index in [0.717, 1.165) is 18.6 Å². The Hall–Kier alpha value is 0.0700. The van der Waals surface area contributed by atoms with Crippen molar-refractivity contribution in [3.63, 3.8) is 0 Å². The van der Waals surface area contributed by atoms with Crippen molar-refractivity contribution in [1.82, 2.24) is 10.6 Å². The van der Waals surface area contributed by atoms with Gasteiger partial charge in [-0.2, -0.15) is 11.8 Å². The van der Waals surface area contributed by atoms with E-state index in [-0.39, 0.29) is 24.2 Å². The number of fused-ring (bicyclic) bond motifs is 2. The number of thioether (sulfide) groups is 1. The lowest BCUT2D eigenvalue weighted by molar-refractivity contribution is -0.124. The molecule has 2 heterocycles. The van der Waals surface area contributed by atoms with Crippen molar-refractivity contribution in [2.24, 2.45) is 5.92 Å². The number of amides is 1. The van der Waals surface area contributed by atoms with Gasteiger partial charge in [-0.05, 0) is 31.9 Å². The maximum absolute atomic E-state index is 11.9. The summed E-state index contributed by atoms with van der Waals surface area (Å²) in [7, 11) is 0. The first-order chi connectivity index (χ1) is 7.69. The Balaban J connectivity index is 0.00000144. The summed E-state index contributed by atoms with van der Waals surface area (Å²) in [5, 5.41) is 6.80. The zero-order valence-corrected chi connectivity index (χ0v) is 12.2. The number of rotatable bonds is 4. The van der Waals surface area contributed by atoms with E-state index in [1.54, 1.807) is 11.8 Å². The third kappa shape index (κ3) is 4.04. The van der Waals surface area contributed by atoms with E-state index in [0.29, 0.717) is 18.1 Å². The fourth-order valence-corrected chi connectivity index (χ4v) is 3.50. The number of hydrogen-bond acceptors (Lipinski definition) is 3. The summed E-state index contributed by atoms with van der Waals surface area (Å²) in [4.78, 5) is 11.9. The molecule has 3 atom stereocenters. The van der Waals surface area contributed by atoms with Crippen molar-refractivity contribution >= 4 is 30.1 Å². The van der Waals surface area contributed by atoms with E-state index in [1.807, 2.05) is 6.92 Å². The fraction of sp³-hybridized carbons (Fsp3) is 0.917. The van der Waals surface area contributed by atoms with Crippen LogP contribution in [0, 0.1) is 5.92 Å². The average molecular weight is 279 g/mol. The molecule has 2 aliphatic heterocycles. The Morgan fingerprint density at radius 1 is 1.41 bits per heavy atom. The predicted octanol–water partition coefficient (Wildman–Crippen LogP) is 1.81. The number of nitrogens with one attached hydrogen (secondary N) is 2. The van der Waals surface area contributed by atoms with Gasteiger partial charge in [-0.1, -0.05) is 6.92 Å². The molecule has 0 aromatic carbocycles. The largest absolute Gasteiger partial charge is 0.353 e. The van der Waals surface area contributed by atoms with Gasteiger partial charge in [0.05, 0.1) is 0 Å². The lowest BCUT2D eigenvalue weighted by Crippen LogP contribution is -2.49. The molecule has 0 saturated carbocycles. The Morgan fingerprint density at radius 2 is 2.00 bits per heavy atom. The van der Waals surface area contributed by atoms with Crippen LogP contribution < -0.4 is 10.6 Å². The molecule has 2 saturated heterocycles. The Bertz CT molecular complexity index is 253. The molecule has 1 amide bonds. The minimum absolute atomic E-state index is 0. The molecule has 2 fully saturated rings. The smallest absolute Gasteiger partial charge is 0.223 e. The highest BCUT2D eigenvalue weighted by Gasteiger charge is 2.34. The topological polar surface area (TPSA) is 41.1 Å². The summed E-state index contributed by atoms with van der Waals surface area (Å²) >= 11 is 1.74. The minimum atomic E-state index is 0. The maximum atomic E-state index is 11.9. The number of halogens is 1. The molecule has 0 spiro atoms. The van der Waals surface area contributed by atoms with Gasteiger partial charge in [0.1, 0.15) is 0 Å². The van der Waals surface area contributed by atoms with Crippen LogP contribution >= 0.6 is 24.2 Å². The molecule has 2 N–H and O–H groups in total. The number of carbonyl (C=O) groups is 1. The summed E-state index contributed by atoms with van der Waals surface area (Å²) in [6, 6.07) is 1.72. The van der Waals surface area contributed by atoms with Gasteiger partial charge in [-0.3, -0.25) is 4.79 Å². The third-order valence-corrected chi connectivity index (χ3v) is 4.52. The average Bonchev–Trinajstić information content (AvgIpc) is 2.58. The van der Waals surface area contributed by atoms with Crippen molar-refractivity contribution in [2.45, 2.75) is 50.7 Å². The van der Waals surface area contributed by atoms with E-state index in [1.165, 1.54) is 12.8 Å². The first kappa shape index (κ1) is 15.1. The summed E-state index contributed by atoms with van der Waals surface area (Å²) in [5.41, 5.74) is 0. The van der Waals surface area contributed by atoms with E-state index in [4.69, 9.17) is 0 Å². The molecule has 2 aliphatic rings. The molecule has 0 aliphatic carbocycles. The predicted molar refractivity (Wildman–Crippen MR) is 75.9 cm³/mol. The molecular weight excluding hydrogens is 256 g/mol. The minimum Gasteiger partial charge on any atom is -0.353 e. The second-order valence-electron chi connectivity index (χ2n) is 5.17. The Morgan fingerprint density at radius 3 is 2.53 bits per heavy atom. The second-order valence-corrected chi connectivity index (χ2v) is 6.08. The van der Waals surface area contributed by atoms with Gasteiger partial charge in [-0.25, -0.2) is 0 Å². The van der Waals surface area contributed by atoms with Gasteiger partial charge in [-0.15, -0.1) is 12.4 Å². The molecule has 17 heavy (non-hydrogen) atoms. The number of hydrogen-bond donors (Lipinski definition) is 2. The van der Waals surface area contributed by atoms with Crippen LogP contribution in [0.1, 0.15) is 32.6 Å². The van der Waals surface area contributed by atoms with Gasteiger partial charge in [0, 0.05) is 29.8 Å². The van der Waals surface area contributed by atoms with Gasteiger partial charge in [0.25, 0.3) is 0 Å². The van der Waals surface area contributed by atoms with Crippen LogP contribution in [0.2, 0.25) is 0 Å². The van der Waals surface area contributed by atoms with E-state index >= 15 is 0 Å². The van der Waals surface area contributed by atoms with E-state index in [9.17, 15) is 4.79 Å². The van der Waals surface area contributed by atoms with E-state index in [2.05, 4.69) is 16.9 Å². The SMILES string of the molecule is CSCC(C)C(=O)NC1CC2CCC(C1)N2.Cl. The molecule has 2 bridgehead atoms. The molecule has 3 nitrogen and oxygen atoms in total. The van der Waals surface area contributed by atoms with Crippen LogP contribution in [0.4, 0.5) is 0 Å². The van der Waals surface area contributed by atoms with Crippen LogP contribution in [-0.4, -0.2) is 36.0 Å². The Labute approximate surface area is 114 Å². The van der Waals surface area contributed by atoms with Crippen LogP contribution in [0.3, 0.4) is 0 Å². The summed E-state index contributed by atoms with van der Waals surface area (Å²) < 4.78 is 0. The van der Waals surface area contributed by atoms with Crippen molar-refractivity contribution in [3.05, 3.63) is 0 Å². The highest BCUT2D eigenvalue weighted by atomic mass is 35.5. The molecule has 100 valence electrons. The van der Waals surface area contributed by atoms with Crippen molar-refractivity contribution in [3.8, 4) is 0 Å². The third-order valence-electron chi connectivity index (χ3n) is 3.68. The maximum Gasteiger partial charge on any atom is 0.223 e. The van der Waals surface area contributed by atoms with Gasteiger partial charge in [0.2, 0.25) is 5.91 Å². The molecule has 0 aromatic rings. The lowest BCUT2D eigenvalue weighted by Gasteiger charge is -2.30. The second kappa shape index (κ2) is 6.86.